The number of hydrogen-bond acceptors (Lipinski definition) is 6. The summed E-state index contributed by atoms with van der Waals surface area (Å²) < 4.78 is 10.4. The van der Waals surface area contributed by atoms with E-state index in [2.05, 4.69) is 10.1 Å². The summed E-state index contributed by atoms with van der Waals surface area (Å²) in [5.41, 5.74) is 0. The normalized spacial score (nSPS) is 26.7. The summed E-state index contributed by atoms with van der Waals surface area (Å²) in [5, 5.41) is 4.12. The molecule has 136 valence electrons. The first-order chi connectivity index (χ1) is 12.2. The smallest absolute Gasteiger partial charge is 0.229 e. The van der Waals surface area contributed by atoms with Gasteiger partial charge in [-0.05, 0) is 25.7 Å². The third kappa shape index (κ3) is 3.27. The number of likely N-dealkylation sites (tertiary alicyclic amines) is 2. The van der Waals surface area contributed by atoms with Crippen molar-refractivity contribution < 1.29 is 18.8 Å². The largest absolute Gasteiger partial charge is 0.383 e. The standard InChI is InChI=1S/C17H24N4O4/c1-24-8-7-20-10-12(9-14(20)22)17(23)21-6-2-3-13(21)15-18-16(25-19-15)11-4-5-11/h11-13H,2-10H2,1H3/t12-,13-/m0/s1. The lowest BCUT2D eigenvalue weighted by Gasteiger charge is -2.25. The van der Waals surface area contributed by atoms with Crippen molar-refractivity contribution in [2.24, 2.45) is 5.92 Å². The van der Waals surface area contributed by atoms with Crippen LogP contribution in [0.15, 0.2) is 4.52 Å². The van der Waals surface area contributed by atoms with Crippen LogP contribution in [0.3, 0.4) is 0 Å². The van der Waals surface area contributed by atoms with Gasteiger partial charge < -0.3 is 19.1 Å². The van der Waals surface area contributed by atoms with E-state index < -0.39 is 0 Å². The zero-order chi connectivity index (χ0) is 17.4. The molecule has 25 heavy (non-hydrogen) atoms. The van der Waals surface area contributed by atoms with E-state index in [9.17, 15) is 9.59 Å². The van der Waals surface area contributed by atoms with E-state index in [0.29, 0.717) is 43.9 Å². The van der Waals surface area contributed by atoms with Gasteiger partial charge in [-0.25, -0.2) is 0 Å². The summed E-state index contributed by atoms with van der Waals surface area (Å²) in [7, 11) is 1.61. The number of aromatic nitrogens is 2. The van der Waals surface area contributed by atoms with Crippen LogP contribution in [-0.4, -0.2) is 65.1 Å². The van der Waals surface area contributed by atoms with Gasteiger partial charge in [-0.3, -0.25) is 9.59 Å². The number of methoxy groups -OCH3 is 1. The first kappa shape index (κ1) is 16.5. The van der Waals surface area contributed by atoms with Crippen LogP contribution in [0.2, 0.25) is 0 Å². The van der Waals surface area contributed by atoms with Crippen LogP contribution in [0, 0.1) is 5.92 Å². The van der Waals surface area contributed by atoms with Crippen molar-refractivity contribution in [3.8, 4) is 0 Å². The molecule has 0 N–H and O–H groups in total. The van der Waals surface area contributed by atoms with E-state index in [-0.39, 0.29) is 30.2 Å². The molecule has 1 aromatic heterocycles. The second-order valence-electron chi connectivity index (χ2n) is 7.19. The highest BCUT2D eigenvalue weighted by molar-refractivity contribution is 5.89. The third-order valence-electron chi connectivity index (χ3n) is 5.35. The van der Waals surface area contributed by atoms with Crippen LogP contribution in [0.4, 0.5) is 0 Å². The lowest BCUT2D eigenvalue weighted by atomic mass is 10.1. The lowest BCUT2D eigenvalue weighted by molar-refractivity contribution is -0.136. The molecule has 8 nitrogen and oxygen atoms in total. The maximum absolute atomic E-state index is 13.0. The lowest BCUT2D eigenvalue weighted by Crippen LogP contribution is -2.37. The highest BCUT2D eigenvalue weighted by Crippen LogP contribution is 2.40. The Morgan fingerprint density at radius 2 is 2.20 bits per heavy atom. The predicted molar refractivity (Wildman–Crippen MR) is 86.5 cm³/mol. The third-order valence-corrected chi connectivity index (χ3v) is 5.35. The Morgan fingerprint density at radius 3 is 2.96 bits per heavy atom. The molecule has 1 saturated carbocycles. The highest BCUT2D eigenvalue weighted by Gasteiger charge is 2.41. The maximum Gasteiger partial charge on any atom is 0.229 e. The molecule has 0 bridgehead atoms. The Hall–Kier alpha value is -1.96. The Labute approximate surface area is 146 Å². The van der Waals surface area contributed by atoms with E-state index in [1.54, 1.807) is 12.0 Å². The number of carbonyl (C=O) groups excluding carboxylic acids is 2. The van der Waals surface area contributed by atoms with Gasteiger partial charge in [-0.15, -0.1) is 0 Å². The van der Waals surface area contributed by atoms with Crippen LogP contribution in [-0.2, 0) is 14.3 Å². The fraction of sp³-hybridized carbons (Fsp3) is 0.765. The Balaban J connectivity index is 1.42. The second-order valence-corrected chi connectivity index (χ2v) is 7.19. The zero-order valence-corrected chi connectivity index (χ0v) is 14.5. The molecule has 2 aliphatic heterocycles. The number of amides is 2. The summed E-state index contributed by atoms with van der Waals surface area (Å²) in [6.45, 7) is 2.20. The van der Waals surface area contributed by atoms with Gasteiger partial charge in [0, 0.05) is 39.1 Å². The summed E-state index contributed by atoms with van der Waals surface area (Å²) >= 11 is 0. The number of hydrogen-bond donors (Lipinski definition) is 0. The number of rotatable bonds is 6. The van der Waals surface area contributed by atoms with Crippen molar-refractivity contribution in [2.45, 2.75) is 44.1 Å². The second kappa shape index (κ2) is 6.74. The zero-order valence-electron chi connectivity index (χ0n) is 14.5. The minimum absolute atomic E-state index is 0.0294. The van der Waals surface area contributed by atoms with Crippen molar-refractivity contribution in [2.75, 3.05) is 33.4 Å². The van der Waals surface area contributed by atoms with E-state index >= 15 is 0 Å². The van der Waals surface area contributed by atoms with Crippen molar-refractivity contribution >= 4 is 11.8 Å². The summed E-state index contributed by atoms with van der Waals surface area (Å²) in [4.78, 5) is 33.2. The average Bonchev–Trinajstić information content (AvgIpc) is 3.02. The molecule has 0 spiro atoms. The molecular formula is C17H24N4O4. The molecule has 4 rings (SSSR count). The molecule has 0 aromatic carbocycles. The van der Waals surface area contributed by atoms with Gasteiger partial charge in [-0.2, -0.15) is 4.98 Å². The first-order valence-electron chi connectivity index (χ1n) is 9.08. The molecule has 2 amide bonds. The number of ether oxygens (including phenoxy) is 1. The average molecular weight is 348 g/mol. The van der Waals surface area contributed by atoms with E-state index in [4.69, 9.17) is 9.26 Å². The molecule has 3 aliphatic rings. The monoisotopic (exact) mass is 348 g/mol. The minimum atomic E-state index is -0.278. The molecule has 0 radical (unpaired) electrons. The Bertz CT molecular complexity index is 657. The molecular weight excluding hydrogens is 324 g/mol. The molecule has 1 aromatic rings. The highest BCUT2D eigenvalue weighted by atomic mass is 16.5. The molecule has 2 saturated heterocycles. The number of carbonyl (C=O) groups is 2. The van der Waals surface area contributed by atoms with Crippen LogP contribution in [0.5, 0.6) is 0 Å². The minimum Gasteiger partial charge on any atom is -0.383 e. The van der Waals surface area contributed by atoms with Gasteiger partial charge in [0.25, 0.3) is 0 Å². The fourth-order valence-electron chi connectivity index (χ4n) is 3.77. The van der Waals surface area contributed by atoms with Crippen LogP contribution in [0.1, 0.15) is 55.8 Å². The van der Waals surface area contributed by atoms with Crippen LogP contribution in [0.25, 0.3) is 0 Å². The molecule has 0 unspecified atom stereocenters. The van der Waals surface area contributed by atoms with Crippen molar-refractivity contribution in [1.82, 2.24) is 19.9 Å². The predicted octanol–water partition coefficient (Wildman–Crippen LogP) is 1.11. The van der Waals surface area contributed by atoms with Gasteiger partial charge in [0.2, 0.25) is 17.7 Å². The van der Waals surface area contributed by atoms with Crippen molar-refractivity contribution in [3.05, 3.63) is 11.7 Å². The van der Waals surface area contributed by atoms with E-state index in [1.807, 2.05) is 4.90 Å². The van der Waals surface area contributed by atoms with Crippen LogP contribution >= 0.6 is 0 Å². The van der Waals surface area contributed by atoms with Gasteiger partial charge in [0.15, 0.2) is 5.82 Å². The molecule has 8 heteroatoms. The van der Waals surface area contributed by atoms with Gasteiger partial charge in [0.05, 0.1) is 18.6 Å². The number of nitrogens with zero attached hydrogens (tertiary/aromatic N) is 4. The Kier molecular flexibility index (Phi) is 4.45. The maximum atomic E-state index is 13.0. The summed E-state index contributed by atoms with van der Waals surface area (Å²) in [5.74, 6) is 1.52. The summed E-state index contributed by atoms with van der Waals surface area (Å²) in [6, 6.07) is -0.119. The SMILES string of the molecule is COCCN1C[C@@H](C(=O)N2CCC[C@H]2c2noc(C3CC3)n2)CC1=O. The fourth-order valence-corrected chi connectivity index (χ4v) is 3.77. The van der Waals surface area contributed by atoms with Crippen LogP contribution < -0.4 is 0 Å². The van der Waals surface area contributed by atoms with Crippen molar-refractivity contribution in [3.63, 3.8) is 0 Å². The summed E-state index contributed by atoms with van der Waals surface area (Å²) in [6.07, 6.45) is 4.28. The molecule has 3 heterocycles. The van der Waals surface area contributed by atoms with Gasteiger partial charge in [0.1, 0.15) is 0 Å². The quantitative estimate of drug-likeness (QED) is 0.765. The van der Waals surface area contributed by atoms with E-state index in [0.717, 1.165) is 25.7 Å². The Morgan fingerprint density at radius 1 is 1.36 bits per heavy atom. The van der Waals surface area contributed by atoms with Crippen molar-refractivity contribution in [1.29, 1.82) is 0 Å². The van der Waals surface area contributed by atoms with Gasteiger partial charge >= 0.3 is 0 Å². The molecule has 2 atom stereocenters. The molecule has 3 fully saturated rings. The topological polar surface area (TPSA) is 88.8 Å². The molecule has 1 aliphatic carbocycles. The van der Waals surface area contributed by atoms with Gasteiger partial charge in [-0.1, -0.05) is 5.16 Å². The van der Waals surface area contributed by atoms with E-state index in [1.165, 1.54) is 0 Å². The first-order valence-corrected chi connectivity index (χ1v) is 9.08.